The van der Waals surface area contributed by atoms with E-state index in [1.807, 2.05) is 0 Å². The predicted octanol–water partition coefficient (Wildman–Crippen LogP) is 2.13. The summed E-state index contributed by atoms with van der Waals surface area (Å²) in [6, 6.07) is 6.61. The van der Waals surface area contributed by atoms with Crippen molar-refractivity contribution < 1.29 is 17.9 Å². The number of ether oxygens (including phenoxy) is 1. The summed E-state index contributed by atoms with van der Waals surface area (Å²) in [7, 11) is -1.78. The molecular weight excluding hydrogens is 284 g/mol. The second kappa shape index (κ2) is 5.54. The zero-order valence-corrected chi connectivity index (χ0v) is 12.5. The van der Waals surface area contributed by atoms with Gasteiger partial charge in [0.1, 0.15) is 5.25 Å². The molecule has 0 heterocycles. The summed E-state index contributed by atoms with van der Waals surface area (Å²) >= 11 is 1.44. The highest BCUT2D eigenvalue weighted by molar-refractivity contribution is 8.00. The second-order valence-electron chi connectivity index (χ2n) is 4.64. The Morgan fingerprint density at radius 3 is 2.32 bits per heavy atom. The van der Waals surface area contributed by atoms with Crippen LogP contribution in [0, 0.1) is 5.92 Å². The first-order valence-electron chi connectivity index (χ1n) is 5.96. The molecule has 0 radical (unpaired) electrons. The molecule has 1 aromatic carbocycles. The van der Waals surface area contributed by atoms with E-state index in [1.54, 1.807) is 24.3 Å². The third-order valence-electron chi connectivity index (χ3n) is 3.00. The summed E-state index contributed by atoms with van der Waals surface area (Å²) in [6.07, 6.45) is 3.28. The summed E-state index contributed by atoms with van der Waals surface area (Å²) in [5.74, 6) is 0.173. The Hall–Kier alpha value is -1.01. The number of benzene rings is 1. The number of carbonyl (C=O) groups is 1. The highest BCUT2D eigenvalue weighted by Crippen LogP contribution is 2.42. The molecule has 1 saturated carbocycles. The van der Waals surface area contributed by atoms with Crippen LogP contribution in [0.25, 0.3) is 0 Å². The molecule has 104 valence electrons. The van der Waals surface area contributed by atoms with Crippen LogP contribution >= 0.6 is 11.8 Å². The number of hydrogen-bond acceptors (Lipinski definition) is 5. The fourth-order valence-corrected chi connectivity index (χ4v) is 3.64. The minimum absolute atomic E-state index is 0.186. The SMILES string of the molecule is COC(=O)C(Sc1ccc(S(C)(=O)=O)cc1)C1CC1. The Morgan fingerprint density at radius 2 is 1.89 bits per heavy atom. The Labute approximate surface area is 117 Å². The second-order valence-corrected chi connectivity index (χ2v) is 7.87. The van der Waals surface area contributed by atoms with E-state index in [-0.39, 0.29) is 16.1 Å². The first kappa shape index (κ1) is 14.4. The van der Waals surface area contributed by atoms with Crippen molar-refractivity contribution >= 4 is 27.6 Å². The Balaban J connectivity index is 2.12. The van der Waals surface area contributed by atoms with Gasteiger partial charge in [0, 0.05) is 11.2 Å². The number of rotatable bonds is 5. The molecule has 6 heteroatoms. The minimum atomic E-state index is -3.17. The van der Waals surface area contributed by atoms with Gasteiger partial charge in [0.05, 0.1) is 12.0 Å². The molecule has 1 aliphatic rings. The maximum atomic E-state index is 11.7. The van der Waals surface area contributed by atoms with Crippen molar-refractivity contribution in [3.8, 4) is 0 Å². The van der Waals surface area contributed by atoms with Crippen molar-refractivity contribution in [2.45, 2.75) is 27.9 Å². The lowest BCUT2D eigenvalue weighted by Gasteiger charge is -2.13. The molecule has 0 bridgehead atoms. The Kier molecular flexibility index (Phi) is 4.20. The number of thioether (sulfide) groups is 1. The quantitative estimate of drug-likeness (QED) is 0.616. The molecule has 0 amide bonds. The van der Waals surface area contributed by atoms with E-state index in [9.17, 15) is 13.2 Å². The fourth-order valence-electron chi connectivity index (χ4n) is 1.76. The molecule has 1 aliphatic carbocycles. The predicted molar refractivity (Wildman–Crippen MR) is 73.9 cm³/mol. The van der Waals surface area contributed by atoms with Gasteiger partial charge in [-0.05, 0) is 43.0 Å². The highest BCUT2D eigenvalue weighted by atomic mass is 32.2. The van der Waals surface area contributed by atoms with Crippen LogP contribution < -0.4 is 0 Å². The van der Waals surface area contributed by atoms with Crippen molar-refractivity contribution in [3.63, 3.8) is 0 Å². The number of sulfone groups is 1. The standard InChI is InChI=1S/C13H16O4S2/c1-17-13(14)12(9-3-4-9)18-10-5-7-11(8-6-10)19(2,15)16/h5-9,12H,3-4H2,1-2H3. The first-order valence-corrected chi connectivity index (χ1v) is 8.73. The van der Waals surface area contributed by atoms with Gasteiger partial charge < -0.3 is 4.74 Å². The van der Waals surface area contributed by atoms with E-state index in [0.717, 1.165) is 17.7 Å². The van der Waals surface area contributed by atoms with Gasteiger partial charge in [-0.15, -0.1) is 11.8 Å². The van der Waals surface area contributed by atoms with E-state index in [1.165, 1.54) is 25.1 Å². The maximum absolute atomic E-state index is 11.7. The molecular formula is C13H16O4S2. The number of carbonyl (C=O) groups excluding carboxylic acids is 1. The topological polar surface area (TPSA) is 60.4 Å². The smallest absolute Gasteiger partial charge is 0.319 e. The summed E-state index contributed by atoms with van der Waals surface area (Å²) < 4.78 is 27.5. The molecule has 19 heavy (non-hydrogen) atoms. The van der Waals surface area contributed by atoms with E-state index in [2.05, 4.69) is 0 Å². The van der Waals surface area contributed by atoms with Crippen molar-refractivity contribution in [2.75, 3.05) is 13.4 Å². The third-order valence-corrected chi connectivity index (χ3v) is 5.50. The monoisotopic (exact) mass is 300 g/mol. The molecule has 0 N–H and O–H groups in total. The number of methoxy groups -OCH3 is 1. The van der Waals surface area contributed by atoms with Gasteiger partial charge in [0.2, 0.25) is 0 Å². The molecule has 2 rings (SSSR count). The van der Waals surface area contributed by atoms with Gasteiger partial charge in [-0.1, -0.05) is 0 Å². The lowest BCUT2D eigenvalue weighted by atomic mass is 10.3. The van der Waals surface area contributed by atoms with E-state index in [0.29, 0.717) is 5.92 Å². The lowest BCUT2D eigenvalue weighted by molar-refractivity contribution is -0.140. The van der Waals surface area contributed by atoms with Crippen LogP contribution in [0.5, 0.6) is 0 Å². The molecule has 0 aliphatic heterocycles. The zero-order chi connectivity index (χ0) is 14.0. The van der Waals surface area contributed by atoms with Gasteiger partial charge >= 0.3 is 5.97 Å². The van der Waals surface area contributed by atoms with Gasteiger partial charge in [0.15, 0.2) is 9.84 Å². The van der Waals surface area contributed by atoms with Crippen molar-refractivity contribution in [1.82, 2.24) is 0 Å². The lowest BCUT2D eigenvalue weighted by Crippen LogP contribution is -2.20. The van der Waals surface area contributed by atoms with Crippen LogP contribution in [0.15, 0.2) is 34.1 Å². The van der Waals surface area contributed by atoms with Crippen LogP contribution in [0.4, 0.5) is 0 Å². The normalized spacial score (nSPS) is 16.9. The molecule has 4 nitrogen and oxygen atoms in total. The minimum Gasteiger partial charge on any atom is -0.468 e. The zero-order valence-electron chi connectivity index (χ0n) is 10.8. The van der Waals surface area contributed by atoms with Crippen molar-refractivity contribution in [2.24, 2.45) is 5.92 Å². The highest BCUT2D eigenvalue weighted by Gasteiger charge is 2.37. The van der Waals surface area contributed by atoms with Crippen LogP contribution in [0.1, 0.15) is 12.8 Å². The van der Waals surface area contributed by atoms with E-state index >= 15 is 0 Å². The molecule has 1 fully saturated rings. The molecule has 0 spiro atoms. The Bertz CT molecular complexity index is 559. The van der Waals surface area contributed by atoms with Crippen LogP contribution in [0.2, 0.25) is 0 Å². The molecule has 1 aromatic rings. The van der Waals surface area contributed by atoms with Crippen LogP contribution in [-0.2, 0) is 19.4 Å². The fraction of sp³-hybridized carbons (Fsp3) is 0.462. The molecule has 0 aromatic heterocycles. The average Bonchev–Trinajstić information content (AvgIpc) is 3.19. The van der Waals surface area contributed by atoms with Crippen molar-refractivity contribution in [1.29, 1.82) is 0 Å². The van der Waals surface area contributed by atoms with Gasteiger partial charge in [-0.2, -0.15) is 0 Å². The summed E-state index contributed by atoms with van der Waals surface area (Å²) in [5.41, 5.74) is 0. The molecule has 1 atom stereocenters. The third kappa shape index (κ3) is 3.73. The summed E-state index contributed by atoms with van der Waals surface area (Å²) in [6.45, 7) is 0. The van der Waals surface area contributed by atoms with E-state index in [4.69, 9.17) is 4.74 Å². The van der Waals surface area contributed by atoms with Gasteiger partial charge in [-0.3, -0.25) is 4.79 Å². The number of esters is 1. The largest absolute Gasteiger partial charge is 0.468 e. The molecule has 0 saturated heterocycles. The van der Waals surface area contributed by atoms with Gasteiger partial charge in [-0.25, -0.2) is 8.42 Å². The van der Waals surface area contributed by atoms with Crippen LogP contribution in [0.3, 0.4) is 0 Å². The summed E-state index contributed by atoms with van der Waals surface area (Å²) in [5, 5.41) is -0.186. The first-order chi connectivity index (χ1) is 8.91. The summed E-state index contributed by atoms with van der Waals surface area (Å²) in [4.78, 5) is 12.9. The molecule has 1 unspecified atom stereocenters. The van der Waals surface area contributed by atoms with Crippen molar-refractivity contribution in [3.05, 3.63) is 24.3 Å². The maximum Gasteiger partial charge on any atom is 0.319 e. The number of hydrogen-bond donors (Lipinski definition) is 0. The van der Waals surface area contributed by atoms with Gasteiger partial charge in [0.25, 0.3) is 0 Å². The average molecular weight is 300 g/mol. The Morgan fingerprint density at radius 1 is 1.32 bits per heavy atom. The van der Waals surface area contributed by atoms with E-state index < -0.39 is 9.84 Å². The van der Waals surface area contributed by atoms with Crippen LogP contribution in [-0.4, -0.2) is 33.0 Å².